The Kier molecular flexibility index (Phi) is 4.50. The molecule has 0 radical (unpaired) electrons. The van der Waals surface area contributed by atoms with Crippen LogP contribution in [0.4, 0.5) is 17.1 Å². The smallest absolute Gasteiger partial charge is 0.318 e. The molecule has 0 heterocycles. The molecule has 0 fully saturated rings. The van der Waals surface area contributed by atoms with Gasteiger partial charge in [0, 0.05) is 18.7 Å². The van der Waals surface area contributed by atoms with Crippen LogP contribution in [0.25, 0.3) is 0 Å². The van der Waals surface area contributed by atoms with Crippen molar-refractivity contribution in [3.63, 3.8) is 0 Å². The number of nitrogens with one attached hydrogen (secondary N) is 1. The van der Waals surface area contributed by atoms with Crippen molar-refractivity contribution in [2.75, 3.05) is 5.32 Å². The minimum Gasteiger partial charge on any atom is -0.450 e. The molecule has 0 spiro atoms. The highest BCUT2D eigenvalue weighted by atomic mass is 16.6. The molecule has 9 heteroatoms. The maximum absolute atomic E-state index is 11.0. The zero-order chi connectivity index (χ0) is 17.0. The minimum absolute atomic E-state index is 0.118. The molecule has 2 aromatic carbocycles. The quantitative estimate of drug-likeness (QED) is 0.666. The van der Waals surface area contributed by atoms with Gasteiger partial charge in [0.15, 0.2) is 0 Å². The van der Waals surface area contributed by atoms with Crippen molar-refractivity contribution in [3.8, 4) is 11.5 Å². The molecular formula is C14H11N3O6. The summed E-state index contributed by atoms with van der Waals surface area (Å²) in [5.41, 5.74) is -0.363. The predicted octanol–water partition coefficient (Wildman–Crippen LogP) is 3.25. The molecule has 0 saturated carbocycles. The van der Waals surface area contributed by atoms with Gasteiger partial charge in [0.25, 0.3) is 5.69 Å². The zero-order valence-electron chi connectivity index (χ0n) is 11.9. The molecule has 0 unspecified atom stereocenters. The van der Waals surface area contributed by atoms with E-state index in [2.05, 4.69) is 5.32 Å². The van der Waals surface area contributed by atoms with Gasteiger partial charge in [0.1, 0.15) is 5.75 Å². The van der Waals surface area contributed by atoms with Crippen LogP contribution in [0.2, 0.25) is 0 Å². The van der Waals surface area contributed by atoms with Crippen LogP contribution in [0.3, 0.4) is 0 Å². The first kappa shape index (κ1) is 15.9. The van der Waals surface area contributed by atoms with Crippen molar-refractivity contribution in [1.82, 2.24) is 0 Å². The zero-order valence-corrected chi connectivity index (χ0v) is 11.9. The van der Waals surface area contributed by atoms with Crippen LogP contribution in [0.1, 0.15) is 6.92 Å². The van der Waals surface area contributed by atoms with Gasteiger partial charge in [-0.1, -0.05) is 0 Å². The fourth-order valence-electron chi connectivity index (χ4n) is 1.78. The van der Waals surface area contributed by atoms with Crippen LogP contribution in [0.15, 0.2) is 42.5 Å². The highest BCUT2D eigenvalue weighted by Crippen LogP contribution is 2.34. The number of non-ortho nitro benzene ring substituents is 1. The number of ether oxygens (including phenoxy) is 1. The minimum atomic E-state index is -0.756. The Bertz CT molecular complexity index is 773. The molecular weight excluding hydrogens is 306 g/mol. The number of hydrogen-bond donors (Lipinski definition) is 1. The van der Waals surface area contributed by atoms with Crippen LogP contribution in [-0.2, 0) is 4.79 Å². The highest BCUT2D eigenvalue weighted by Gasteiger charge is 2.21. The fraction of sp³-hybridized carbons (Fsp3) is 0.0714. The Hall–Kier alpha value is -3.49. The van der Waals surface area contributed by atoms with Crippen molar-refractivity contribution in [1.29, 1.82) is 0 Å². The SMILES string of the molecule is CC(=O)Nc1ccc(Oc2ccc([N+](=O)[O-])cc2[N+](=O)[O-])cc1. The molecule has 0 aliphatic heterocycles. The Morgan fingerprint density at radius 2 is 1.70 bits per heavy atom. The number of nitrogens with zero attached hydrogens (tertiary/aromatic N) is 2. The number of nitro benzene ring substituents is 2. The second-order valence-corrected chi connectivity index (χ2v) is 4.47. The van der Waals surface area contributed by atoms with E-state index in [4.69, 9.17) is 4.74 Å². The topological polar surface area (TPSA) is 125 Å². The lowest BCUT2D eigenvalue weighted by Gasteiger charge is -2.07. The molecule has 118 valence electrons. The van der Waals surface area contributed by atoms with Crippen LogP contribution in [0.5, 0.6) is 11.5 Å². The van der Waals surface area contributed by atoms with Gasteiger partial charge >= 0.3 is 5.69 Å². The summed E-state index contributed by atoms with van der Waals surface area (Å²) in [5.74, 6) is -0.0615. The third-order valence-electron chi connectivity index (χ3n) is 2.75. The third kappa shape index (κ3) is 4.00. The van der Waals surface area contributed by atoms with E-state index in [1.54, 1.807) is 12.1 Å². The Morgan fingerprint density at radius 1 is 1.04 bits per heavy atom. The molecule has 0 aliphatic rings. The normalized spacial score (nSPS) is 9.96. The van der Waals surface area contributed by atoms with E-state index in [1.165, 1.54) is 19.1 Å². The van der Waals surface area contributed by atoms with Gasteiger partial charge in [-0.05, 0) is 30.3 Å². The van der Waals surface area contributed by atoms with Crippen LogP contribution in [-0.4, -0.2) is 15.8 Å². The number of nitro groups is 2. The molecule has 23 heavy (non-hydrogen) atoms. The number of hydrogen-bond acceptors (Lipinski definition) is 6. The lowest BCUT2D eigenvalue weighted by molar-refractivity contribution is -0.394. The van der Waals surface area contributed by atoms with E-state index in [1.807, 2.05) is 0 Å². The monoisotopic (exact) mass is 317 g/mol. The van der Waals surface area contributed by atoms with E-state index >= 15 is 0 Å². The Balaban J connectivity index is 2.27. The molecule has 0 atom stereocenters. The summed E-state index contributed by atoms with van der Waals surface area (Å²) in [7, 11) is 0. The fourth-order valence-corrected chi connectivity index (χ4v) is 1.78. The van der Waals surface area contributed by atoms with E-state index in [9.17, 15) is 25.0 Å². The first-order chi connectivity index (χ1) is 10.9. The summed E-state index contributed by atoms with van der Waals surface area (Å²) < 4.78 is 5.39. The summed E-state index contributed by atoms with van der Waals surface area (Å²) in [6.45, 7) is 1.37. The van der Waals surface area contributed by atoms with Gasteiger partial charge in [0.05, 0.1) is 15.9 Å². The molecule has 1 N–H and O–H groups in total. The predicted molar refractivity (Wildman–Crippen MR) is 80.6 cm³/mol. The highest BCUT2D eigenvalue weighted by molar-refractivity contribution is 5.88. The molecule has 0 saturated heterocycles. The lowest BCUT2D eigenvalue weighted by atomic mass is 10.2. The molecule has 2 aromatic rings. The molecule has 2 rings (SSSR count). The van der Waals surface area contributed by atoms with Crippen molar-refractivity contribution >= 4 is 23.0 Å². The molecule has 9 nitrogen and oxygen atoms in total. The molecule has 0 aromatic heterocycles. The maximum Gasteiger partial charge on any atom is 0.318 e. The summed E-state index contributed by atoms with van der Waals surface area (Å²) in [4.78, 5) is 31.1. The maximum atomic E-state index is 11.0. The van der Waals surface area contributed by atoms with Crippen LogP contribution in [0, 0.1) is 20.2 Å². The Morgan fingerprint density at radius 3 is 2.22 bits per heavy atom. The van der Waals surface area contributed by atoms with Crippen LogP contribution < -0.4 is 10.1 Å². The van der Waals surface area contributed by atoms with Gasteiger partial charge in [-0.2, -0.15) is 0 Å². The van der Waals surface area contributed by atoms with Crippen molar-refractivity contribution in [2.24, 2.45) is 0 Å². The molecule has 0 aliphatic carbocycles. The number of amides is 1. The van der Waals surface area contributed by atoms with Crippen molar-refractivity contribution in [2.45, 2.75) is 6.92 Å². The number of carbonyl (C=O) groups is 1. The van der Waals surface area contributed by atoms with Gasteiger partial charge < -0.3 is 10.1 Å². The second-order valence-electron chi connectivity index (χ2n) is 4.47. The second kappa shape index (κ2) is 6.52. The van der Waals surface area contributed by atoms with Crippen molar-refractivity contribution in [3.05, 3.63) is 62.7 Å². The van der Waals surface area contributed by atoms with Gasteiger partial charge in [0.2, 0.25) is 11.7 Å². The number of carbonyl (C=O) groups excluding carboxylic acids is 1. The lowest BCUT2D eigenvalue weighted by Crippen LogP contribution is -2.05. The first-order valence-electron chi connectivity index (χ1n) is 6.35. The number of rotatable bonds is 5. The van der Waals surface area contributed by atoms with E-state index in [0.717, 1.165) is 18.2 Å². The standard InChI is InChI=1S/C14H11N3O6/c1-9(18)15-10-2-5-12(6-3-10)23-14-7-4-11(16(19)20)8-13(14)17(21)22/h2-8H,1H3,(H,15,18). The van der Waals surface area contributed by atoms with E-state index < -0.39 is 21.2 Å². The summed E-state index contributed by atoms with van der Waals surface area (Å²) in [6.07, 6.45) is 0. The average Bonchev–Trinajstić information content (AvgIpc) is 2.48. The van der Waals surface area contributed by atoms with Gasteiger partial charge in [-0.25, -0.2) is 0 Å². The summed E-state index contributed by atoms with van der Waals surface area (Å²) >= 11 is 0. The molecule has 0 bridgehead atoms. The van der Waals surface area contributed by atoms with Gasteiger partial charge in [-0.15, -0.1) is 0 Å². The number of anilines is 1. The average molecular weight is 317 g/mol. The summed E-state index contributed by atoms with van der Waals surface area (Å²) in [6, 6.07) is 9.27. The Labute approximate surface area is 129 Å². The molecule has 1 amide bonds. The largest absolute Gasteiger partial charge is 0.450 e. The van der Waals surface area contributed by atoms with Crippen molar-refractivity contribution < 1.29 is 19.4 Å². The third-order valence-corrected chi connectivity index (χ3v) is 2.75. The first-order valence-corrected chi connectivity index (χ1v) is 6.35. The van der Waals surface area contributed by atoms with E-state index in [-0.39, 0.29) is 17.4 Å². The van der Waals surface area contributed by atoms with Crippen LogP contribution >= 0.6 is 0 Å². The number of benzene rings is 2. The summed E-state index contributed by atoms with van der Waals surface area (Å²) in [5, 5.41) is 24.3. The van der Waals surface area contributed by atoms with Gasteiger partial charge in [-0.3, -0.25) is 25.0 Å². The van der Waals surface area contributed by atoms with E-state index in [0.29, 0.717) is 5.69 Å².